The fourth-order valence-corrected chi connectivity index (χ4v) is 2.16. The molecule has 0 bridgehead atoms. The van der Waals surface area contributed by atoms with Crippen LogP contribution in [-0.2, 0) is 11.3 Å². The molecule has 2 rings (SSSR count). The van der Waals surface area contributed by atoms with Crippen molar-refractivity contribution in [1.29, 1.82) is 0 Å². The van der Waals surface area contributed by atoms with Gasteiger partial charge in [0, 0.05) is 25.5 Å². The zero-order valence-electron chi connectivity index (χ0n) is 12.4. The Kier molecular flexibility index (Phi) is 5.42. The van der Waals surface area contributed by atoms with Crippen LogP contribution in [0.4, 0.5) is 0 Å². The lowest BCUT2D eigenvalue weighted by atomic mass is 9.98. The van der Waals surface area contributed by atoms with Crippen LogP contribution in [0.3, 0.4) is 0 Å². The normalized spacial score (nSPS) is 13.8. The van der Waals surface area contributed by atoms with Gasteiger partial charge in [-0.3, -0.25) is 4.79 Å². The summed E-state index contributed by atoms with van der Waals surface area (Å²) in [4.78, 5) is 16.3. The average Bonchev–Trinajstić information content (AvgIpc) is 3.17. The minimum absolute atomic E-state index is 0.0396. The van der Waals surface area contributed by atoms with Gasteiger partial charge in [0.15, 0.2) is 0 Å². The van der Waals surface area contributed by atoms with Crippen molar-refractivity contribution >= 4 is 5.91 Å². The SMILES string of the molecule is CCC(C)C(C(=O)NCCCn1ccnc1)n1cnnn1. The van der Waals surface area contributed by atoms with Gasteiger partial charge in [0.05, 0.1) is 6.33 Å². The van der Waals surface area contributed by atoms with E-state index in [1.807, 2.05) is 24.6 Å². The van der Waals surface area contributed by atoms with Gasteiger partial charge in [-0.1, -0.05) is 20.3 Å². The number of carbonyl (C=O) groups excluding carboxylic acids is 1. The monoisotopic (exact) mass is 291 g/mol. The van der Waals surface area contributed by atoms with Gasteiger partial charge in [0.2, 0.25) is 5.91 Å². The Morgan fingerprint density at radius 2 is 2.24 bits per heavy atom. The first-order valence-corrected chi connectivity index (χ1v) is 7.18. The van der Waals surface area contributed by atoms with Crippen molar-refractivity contribution < 1.29 is 4.79 Å². The number of carbonyl (C=O) groups is 1. The van der Waals surface area contributed by atoms with Crippen molar-refractivity contribution in [2.24, 2.45) is 5.92 Å². The molecule has 0 radical (unpaired) electrons. The second-order valence-corrected chi connectivity index (χ2v) is 5.07. The van der Waals surface area contributed by atoms with Crippen LogP contribution in [0.1, 0.15) is 32.7 Å². The number of nitrogens with one attached hydrogen (secondary N) is 1. The molecule has 8 nitrogen and oxygen atoms in total. The summed E-state index contributed by atoms with van der Waals surface area (Å²) in [5.74, 6) is 0.129. The zero-order chi connectivity index (χ0) is 15.1. The number of tetrazole rings is 1. The quantitative estimate of drug-likeness (QED) is 0.722. The third-order valence-electron chi connectivity index (χ3n) is 3.55. The van der Waals surface area contributed by atoms with Crippen LogP contribution in [0.15, 0.2) is 25.0 Å². The lowest BCUT2D eigenvalue weighted by Gasteiger charge is -2.21. The minimum Gasteiger partial charge on any atom is -0.354 e. The van der Waals surface area contributed by atoms with Crippen LogP contribution in [0, 0.1) is 5.92 Å². The van der Waals surface area contributed by atoms with E-state index in [1.165, 1.54) is 11.0 Å². The van der Waals surface area contributed by atoms with E-state index in [0.717, 1.165) is 19.4 Å². The lowest BCUT2D eigenvalue weighted by Crippen LogP contribution is -2.37. The van der Waals surface area contributed by atoms with Crippen molar-refractivity contribution in [3.8, 4) is 0 Å². The van der Waals surface area contributed by atoms with E-state index in [4.69, 9.17) is 0 Å². The molecule has 1 amide bonds. The molecule has 0 spiro atoms. The van der Waals surface area contributed by atoms with Crippen molar-refractivity contribution in [2.75, 3.05) is 6.54 Å². The van der Waals surface area contributed by atoms with Crippen LogP contribution in [0.25, 0.3) is 0 Å². The molecule has 1 N–H and O–H groups in total. The zero-order valence-corrected chi connectivity index (χ0v) is 12.4. The van der Waals surface area contributed by atoms with Gasteiger partial charge in [0.1, 0.15) is 12.4 Å². The average molecular weight is 291 g/mol. The van der Waals surface area contributed by atoms with E-state index in [2.05, 4.69) is 25.8 Å². The summed E-state index contributed by atoms with van der Waals surface area (Å²) in [5.41, 5.74) is 0. The molecule has 0 fully saturated rings. The number of aryl methyl sites for hydroxylation is 1. The van der Waals surface area contributed by atoms with E-state index < -0.39 is 0 Å². The summed E-state index contributed by atoms with van der Waals surface area (Å²) < 4.78 is 3.51. The van der Waals surface area contributed by atoms with E-state index >= 15 is 0 Å². The molecule has 0 saturated heterocycles. The maximum Gasteiger partial charge on any atom is 0.245 e. The van der Waals surface area contributed by atoms with Gasteiger partial charge in [-0.05, 0) is 22.8 Å². The first-order chi connectivity index (χ1) is 10.2. The molecule has 114 valence electrons. The van der Waals surface area contributed by atoms with Crippen LogP contribution in [0.2, 0.25) is 0 Å². The summed E-state index contributed by atoms with van der Waals surface area (Å²) in [6.07, 6.45) is 8.64. The number of imidazole rings is 1. The molecule has 2 unspecified atom stereocenters. The van der Waals surface area contributed by atoms with E-state index in [-0.39, 0.29) is 17.9 Å². The first-order valence-electron chi connectivity index (χ1n) is 7.18. The standard InChI is InChI=1S/C13H21N7O/c1-3-11(2)12(20-10-16-17-18-20)13(21)15-5-4-7-19-8-6-14-9-19/h6,8-12H,3-5,7H2,1-2H3,(H,15,21). The highest BCUT2D eigenvalue weighted by Gasteiger charge is 2.26. The summed E-state index contributed by atoms with van der Waals surface area (Å²) in [7, 11) is 0. The maximum atomic E-state index is 12.4. The van der Waals surface area contributed by atoms with Crippen LogP contribution in [-0.4, -0.2) is 42.2 Å². The van der Waals surface area contributed by atoms with Crippen LogP contribution >= 0.6 is 0 Å². The number of nitrogens with zero attached hydrogens (tertiary/aromatic N) is 6. The molecule has 0 aliphatic heterocycles. The van der Waals surface area contributed by atoms with Gasteiger partial charge in [0.25, 0.3) is 0 Å². The second-order valence-electron chi connectivity index (χ2n) is 5.07. The van der Waals surface area contributed by atoms with Crippen molar-refractivity contribution in [3.05, 3.63) is 25.0 Å². The molecule has 2 aromatic rings. The predicted molar refractivity (Wildman–Crippen MR) is 76.2 cm³/mol. The van der Waals surface area contributed by atoms with E-state index in [9.17, 15) is 4.79 Å². The van der Waals surface area contributed by atoms with Gasteiger partial charge < -0.3 is 9.88 Å². The molecule has 0 aliphatic rings. The third-order valence-corrected chi connectivity index (χ3v) is 3.55. The van der Waals surface area contributed by atoms with E-state index in [0.29, 0.717) is 6.54 Å². The smallest absolute Gasteiger partial charge is 0.245 e. The lowest BCUT2D eigenvalue weighted by molar-refractivity contribution is -0.126. The second kappa shape index (κ2) is 7.51. The van der Waals surface area contributed by atoms with Crippen molar-refractivity contribution in [3.63, 3.8) is 0 Å². The Labute approximate surface area is 123 Å². The first kappa shape index (κ1) is 15.1. The Hall–Kier alpha value is -2.25. The Morgan fingerprint density at radius 1 is 1.38 bits per heavy atom. The number of hydrogen-bond acceptors (Lipinski definition) is 5. The maximum absolute atomic E-state index is 12.4. The Morgan fingerprint density at radius 3 is 2.86 bits per heavy atom. The molecule has 0 aliphatic carbocycles. The molecular weight excluding hydrogens is 270 g/mol. The molecular formula is C13H21N7O. The molecule has 0 aromatic carbocycles. The molecule has 21 heavy (non-hydrogen) atoms. The summed E-state index contributed by atoms with van der Waals surface area (Å²) in [5, 5.41) is 14.0. The number of rotatable bonds is 8. The molecule has 2 atom stereocenters. The van der Waals surface area contributed by atoms with Crippen LogP contribution < -0.4 is 5.32 Å². The third kappa shape index (κ3) is 4.11. The molecule has 2 aromatic heterocycles. The van der Waals surface area contributed by atoms with Crippen molar-refractivity contribution in [2.45, 2.75) is 39.3 Å². The summed E-state index contributed by atoms with van der Waals surface area (Å²) in [6, 6.07) is -0.363. The van der Waals surface area contributed by atoms with Gasteiger partial charge in [-0.25, -0.2) is 9.67 Å². The van der Waals surface area contributed by atoms with Crippen LogP contribution in [0.5, 0.6) is 0 Å². The topological polar surface area (TPSA) is 90.5 Å². The summed E-state index contributed by atoms with van der Waals surface area (Å²) in [6.45, 7) is 5.52. The highest BCUT2D eigenvalue weighted by atomic mass is 16.2. The van der Waals surface area contributed by atoms with Gasteiger partial charge >= 0.3 is 0 Å². The minimum atomic E-state index is -0.363. The number of amides is 1. The number of hydrogen-bond donors (Lipinski definition) is 1. The fraction of sp³-hybridized carbons (Fsp3) is 0.615. The fourth-order valence-electron chi connectivity index (χ4n) is 2.16. The Balaban J connectivity index is 1.84. The summed E-state index contributed by atoms with van der Waals surface area (Å²) >= 11 is 0. The van der Waals surface area contributed by atoms with E-state index in [1.54, 1.807) is 12.5 Å². The van der Waals surface area contributed by atoms with Crippen molar-refractivity contribution in [1.82, 2.24) is 35.1 Å². The Bertz CT molecular complexity index is 523. The molecule has 8 heteroatoms. The number of aromatic nitrogens is 6. The van der Waals surface area contributed by atoms with Gasteiger partial charge in [-0.15, -0.1) is 5.10 Å². The molecule has 2 heterocycles. The molecule has 0 saturated carbocycles. The highest BCUT2D eigenvalue weighted by molar-refractivity contribution is 5.80. The highest BCUT2D eigenvalue weighted by Crippen LogP contribution is 2.19. The predicted octanol–water partition coefficient (Wildman–Crippen LogP) is 0.663. The van der Waals surface area contributed by atoms with Gasteiger partial charge in [-0.2, -0.15) is 0 Å². The largest absolute Gasteiger partial charge is 0.354 e.